The molecule has 28 heavy (non-hydrogen) atoms. The summed E-state index contributed by atoms with van der Waals surface area (Å²) in [5, 5.41) is 7.19. The van der Waals surface area contributed by atoms with Crippen molar-refractivity contribution in [2.45, 2.75) is 13.0 Å². The molecule has 5 rings (SSSR count). The van der Waals surface area contributed by atoms with Crippen LogP contribution in [0.4, 0.5) is 5.95 Å². The van der Waals surface area contributed by atoms with E-state index in [-0.39, 0.29) is 11.8 Å². The van der Waals surface area contributed by atoms with Gasteiger partial charge >= 0.3 is 0 Å². The Morgan fingerprint density at radius 1 is 1.18 bits per heavy atom. The summed E-state index contributed by atoms with van der Waals surface area (Å²) in [7, 11) is 0. The molecule has 2 aromatic carbocycles. The van der Waals surface area contributed by atoms with Crippen LogP contribution in [0, 0.1) is 0 Å². The van der Waals surface area contributed by atoms with Crippen LogP contribution in [0.1, 0.15) is 27.3 Å². The Morgan fingerprint density at radius 2 is 2.07 bits per heavy atom. The number of halogens is 1. The second-order valence-corrected chi connectivity index (χ2v) is 7.20. The standard InChI is InChI=1S/C20H16ClN5O2/c21-13-4-5-14-15(10-13)24-20(23-14)25-18(27)12-3-2-11-8-17-19(28)22-6-1-7-26(17)16(11)9-12/h2-5,8-10H,1,6-7H2,(H,22,28)(H2,23,24,25,27). The summed E-state index contributed by atoms with van der Waals surface area (Å²) in [5.41, 5.74) is 3.46. The average molecular weight is 394 g/mol. The van der Waals surface area contributed by atoms with Crippen LogP contribution < -0.4 is 10.6 Å². The zero-order valence-corrected chi connectivity index (χ0v) is 15.5. The Labute approximate surface area is 164 Å². The van der Waals surface area contributed by atoms with Gasteiger partial charge in [-0.2, -0.15) is 0 Å². The highest BCUT2D eigenvalue weighted by Crippen LogP contribution is 2.24. The number of amides is 2. The number of imidazole rings is 1. The number of anilines is 1. The van der Waals surface area contributed by atoms with Gasteiger partial charge in [0.05, 0.1) is 11.0 Å². The van der Waals surface area contributed by atoms with E-state index in [1.54, 1.807) is 18.2 Å². The molecule has 0 unspecified atom stereocenters. The predicted molar refractivity (Wildman–Crippen MR) is 108 cm³/mol. The second kappa shape index (κ2) is 6.38. The third kappa shape index (κ3) is 2.80. The van der Waals surface area contributed by atoms with Crippen molar-refractivity contribution >= 4 is 51.3 Å². The molecule has 2 amide bonds. The first-order valence-corrected chi connectivity index (χ1v) is 9.34. The maximum Gasteiger partial charge on any atom is 0.267 e. The van der Waals surface area contributed by atoms with Crippen molar-refractivity contribution in [1.29, 1.82) is 0 Å². The molecule has 0 saturated carbocycles. The summed E-state index contributed by atoms with van der Waals surface area (Å²) in [6.45, 7) is 1.38. The second-order valence-electron chi connectivity index (χ2n) is 6.77. The highest BCUT2D eigenvalue weighted by Gasteiger charge is 2.19. The van der Waals surface area contributed by atoms with E-state index in [4.69, 9.17) is 11.6 Å². The molecule has 140 valence electrons. The van der Waals surface area contributed by atoms with Crippen LogP contribution in [0.5, 0.6) is 0 Å². The third-order valence-corrected chi connectivity index (χ3v) is 5.16. The summed E-state index contributed by atoms with van der Waals surface area (Å²) in [6, 6.07) is 12.6. The molecule has 3 N–H and O–H groups in total. The first-order chi connectivity index (χ1) is 13.6. The maximum atomic E-state index is 12.7. The van der Waals surface area contributed by atoms with Gasteiger partial charge < -0.3 is 14.9 Å². The summed E-state index contributed by atoms with van der Waals surface area (Å²) in [5.74, 6) is -0.00274. The number of aryl methyl sites for hydroxylation is 1. The Hall–Kier alpha value is -3.32. The van der Waals surface area contributed by atoms with E-state index in [1.165, 1.54) is 0 Å². The number of fused-ring (bicyclic) bond motifs is 4. The number of aromatic nitrogens is 3. The largest absolute Gasteiger partial charge is 0.351 e. The number of aromatic amines is 1. The van der Waals surface area contributed by atoms with Gasteiger partial charge in [0.25, 0.3) is 11.8 Å². The number of carbonyl (C=O) groups excluding carboxylic acids is 2. The Balaban J connectivity index is 1.48. The molecule has 0 radical (unpaired) electrons. The number of H-pyrrole nitrogens is 1. The fourth-order valence-corrected chi connectivity index (χ4v) is 3.74. The van der Waals surface area contributed by atoms with Gasteiger partial charge in [0, 0.05) is 34.6 Å². The molecule has 1 aliphatic rings. The van der Waals surface area contributed by atoms with Crippen molar-refractivity contribution < 1.29 is 9.59 Å². The molecule has 0 saturated heterocycles. The van der Waals surface area contributed by atoms with Crippen LogP contribution in [0.25, 0.3) is 21.9 Å². The van der Waals surface area contributed by atoms with Gasteiger partial charge in [-0.15, -0.1) is 0 Å². The van der Waals surface area contributed by atoms with Gasteiger partial charge in [0.1, 0.15) is 5.69 Å². The molecule has 1 aliphatic heterocycles. The van der Waals surface area contributed by atoms with E-state index >= 15 is 0 Å². The van der Waals surface area contributed by atoms with Gasteiger partial charge in [0.15, 0.2) is 0 Å². The molecule has 0 aliphatic carbocycles. The Morgan fingerprint density at radius 3 is 2.96 bits per heavy atom. The van der Waals surface area contributed by atoms with E-state index in [9.17, 15) is 9.59 Å². The number of hydrogen-bond acceptors (Lipinski definition) is 3. The summed E-state index contributed by atoms with van der Waals surface area (Å²) < 4.78 is 1.97. The van der Waals surface area contributed by atoms with Crippen molar-refractivity contribution in [1.82, 2.24) is 19.9 Å². The van der Waals surface area contributed by atoms with E-state index < -0.39 is 0 Å². The van der Waals surface area contributed by atoms with Gasteiger partial charge in [-0.05, 0) is 42.8 Å². The Kier molecular flexibility index (Phi) is 3.84. The minimum Gasteiger partial charge on any atom is -0.351 e. The normalized spacial score (nSPS) is 14.0. The van der Waals surface area contributed by atoms with Gasteiger partial charge in [-0.3, -0.25) is 14.9 Å². The molecular formula is C20H16ClN5O2. The van der Waals surface area contributed by atoms with Crippen LogP contribution in [0.15, 0.2) is 42.5 Å². The molecule has 3 heterocycles. The summed E-state index contributed by atoms with van der Waals surface area (Å²) in [4.78, 5) is 32.4. The molecule has 0 fully saturated rings. The van der Waals surface area contributed by atoms with Gasteiger partial charge in [-0.1, -0.05) is 17.7 Å². The third-order valence-electron chi connectivity index (χ3n) is 4.92. The number of rotatable bonds is 2. The zero-order valence-electron chi connectivity index (χ0n) is 14.8. The molecule has 0 atom stereocenters. The quantitative estimate of drug-likeness (QED) is 0.486. The van der Waals surface area contributed by atoms with Crippen LogP contribution in [0.2, 0.25) is 5.02 Å². The topological polar surface area (TPSA) is 91.8 Å². The fraction of sp³-hybridized carbons (Fsp3) is 0.150. The van der Waals surface area contributed by atoms with E-state index in [0.717, 1.165) is 29.4 Å². The molecule has 8 heteroatoms. The monoisotopic (exact) mass is 393 g/mol. The minimum atomic E-state index is -0.277. The van der Waals surface area contributed by atoms with Crippen LogP contribution in [0.3, 0.4) is 0 Å². The fourth-order valence-electron chi connectivity index (χ4n) is 3.57. The minimum absolute atomic E-state index is 0.0827. The summed E-state index contributed by atoms with van der Waals surface area (Å²) in [6.07, 6.45) is 0.848. The van der Waals surface area contributed by atoms with E-state index in [1.807, 2.05) is 28.8 Å². The first-order valence-electron chi connectivity index (χ1n) is 8.96. The molecule has 7 nitrogen and oxygen atoms in total. The lowest BCUT2D eigenvalue weighted by molar-refractivity contribution is 0.0950. The Bertz CT molecular complexity index is 1260. The van der Waals surface area contributed by atoms with Crippen molar-refractivity contribution in [2.24, 2.45) is 0 Å². The molecule has 2 aromatic heterocycles. The van der Waals surface area contributed by atoms with Crippen molar-refractivity contribution in [3.63, 3.8) is 0 Å². The van der Waals surface area contributed by atoms with Crippen LogP contribution in [-0.2, 0) is 6.54 Å². The van der Waals surface area contributed by atoms with E-state index in [2.05, 4.69) is 20.6 Å². The predicted octanol–water partition coefficient (Wildman–Crippen LogP) is 3.56. The number of hydrogen-bond donors (Lipinski definition) is 3. The van der Waals surface area contributed by atoms with Gasteiger partial charge in [-0.25, -0.2) is 4.98 Å². The lowest BCUT2D eigenvalue weighted by atomic mass is 10.1. The van der Waals surface area contributed by atoms with Gasteiger partial charge in [0.2, 0.25) is 5.95 Å². The number of benzene rings is 2. The maximum absolute atomic E-state index is 12.7. The SMILES string of the molecule is O=C(Nc1nc2cc(Cl)ccc2[nH]1)c1ccc2cc3n(c2c1)CCCNC3=O. The summed E-state index contributed by atoms with van der Waals surface area (Å²) >= 11 is 5.98. The van der Waals surface area contributed by atoms with Crippen molar-refractivity contribution in [2.75, 3.05) is 11.9 Å². The highest BCUT2D eigenvalue weighted by molar-refractivity contribution is 6.31. The average Bonchev–Trinajstić information content (AvgIpc) is 3.19. The van der Waals surface area contributed by atoms with E-state index in [0.29, 0.717) is 34.3 Å². The molecule has 4 aromatic rings. The number of nitrogens with zero attached hydrogens (tertiary/aromatic N) is 2. The molecular weight excluding hydrogens is 378 g/mol. The lowest BCUT2D eigenvalue weighted by Crippen LogP contribution is -2.22. The number of carbonyl (C=O) groups is 2. The lowest BCUT2D eigenvalue weighted by Gasteiger charge is -2.06. The molecule has 0 bridgehead atoms. The smallest absolute Gasteiger partial charge is 0.267 e. The highest BCUT2D eigenvalue weighted by atomic mass is 35.5. The number of nitrogens with one attached hydrogen (secondary N) is 3. The van der Waals surface area contributed by atoms with Crippen LogP contribution >= 0.6 is 11.6 Å². The van der Waals surface area contributed by atoms with Crippen LogP contribution in [-0.4, -0.2) is 32.9 Å². The van der Waals surface area contributed by atoms with Crippen molar-refractivity contribution in [3.05, 3.63) is 58.7 Å². The molecule has 0 spiro atoms. The zero-order chi connectivity index (χ0) is 19.3. The first kappa shape index (κ1) is 16.8. The van der Waals surface area contributed by atoms with Crippen molar-refractivity contribution in [3.8, 4) is 0 Å².